The Kier molecular flexibility index (Phi) is 5.15. The highest BCUT2D eigenvalue weighted by molar-refractivity contribution is 6.13. The van der Waals surface area contributed by atoms with Crippen LogP contribution in [-0.4, -0.2) is 9.97 Å². The van der Waals surface area contributed by atoms with Crippen LogP contribution in [0.25, 0.3) is 72.6 Å². The number of allylic oxidation sites excluding steroid dienone is 1. The van der Waals surface area contributed by atoms with Crippen molar-refractivity contribution in [2.45, 2.75) is 6.92 Å². The zero-order valence-corrected chi connectivity index (χ0v) is 21.0. The molecule has 180 valence electrons. The van der Waals surface area contributed by atoms with E-state index < -0.39 is 0 Å². The predicted molar refractivity (Wildman–Crippen MR) is 160 cm³/mol. The van der Waals surface area contributed by atoms with Crippen molar-refractivity contribution < 1.29 is 4.42 Å². The lowest BCUT2D eigenvalue weighted by Crippen LogP contribution is -1.98. The van der Waals surface area contributed by atoms with Crippen LogP contribution < -0.4 is 0 Å². The molecule has 2 heterocycles. The summed E-state index contributed by atoms with van der Waals surface area (Å²) in [6.07, 6.45) is 4.06. The van der Waals surface area contributed by atoms with Crippen molar-refractivity contribution in [2.75, 3.05) is 0 Å². The smallest absolute Gasteiger partial charge is 0.156 e. The molecule has 0 radical (unpaired) electrons. The second kappa shape index (κ2) is 8.82. The molecule has 0 unspecified atom stereocenters. The van der Waals surface area contributed by atoms with Gasteiger partial charge in [-0.3, -0.25) is 0 Å². The Labute approximate surface area is 220 Å². The number of hydrogen-bond donors (Lipinski definition) is 0. The lowest BCUT2D eigenvalue weighted by molar-refractivity contribution is 0.669. The third kappa shape index (κ3) is 3.52. The Balaban J connectivity index is 1.46. The van der Waals surface area contributed by atoms with Gasteiger partial charge >= 0.3 is 0 Å². The first kappa shape index (κ1) is 22.2. The monoisotopic (exact) mass is 488 g/mol. The molecule has 0 bridgehead atoms. The highest BCUT2D eigenvalue weighted by Crippen LogP contribution is 2.36. The van der Waals surface area contributed by atoms with Gasteiger partial charge in [0.15, 0.2) is 5.82 Å². The van der Waals surface area contributed by atoms with E-state index in [-0.39, 0.29) is 0 Å². The minimum Gasteiger partial charge on any atom is -0.456 e. The third-order valence-electron chi connectivity index (χ3n) is 7.18. The first-order valence-corrected chi connectivity index (χ1v) is 12.7. The molecule has 0 amide bonds. The topological polar surface area (TPSA) is 38.9 Å². The Morgan fingerprint density at radius 3 is 2.32 bits per heavy atom. The minimum atomic E-state index is 0.707. The van der Waals surface area contributed by atoms with Gasteiger partial charge in [-0.25, -0.2) is 9.97 Å². The largest absolute Gasteiger partial charge is 0.456 e. The standard InChI is InChI=1S/C35H24N2O/c1-3-26-25(18-20-31-32(26)28-15-9-10-16-30(28)38-31)21-22(2)35-36-29-19-17-23-11-7-8-14-27(23)33(29)34(37-35)24-12-5-4-6-13-24/h3-21H,1H2,2H3/b22-21+. The van der Waals surface area contributed by atoms with Gasteiger partial charge in [-0.15, -0.1) is 0 Å². The summed E-state index contributed by atoms with van der Waals surface area (Å²) in [7, 11) is 0. The molecule has 0 saturated heterocycles. The molecule has 0 saturated carbocycles. The quantitative estimate of drug-likeness (QED) is 0.232. The van der Waals surface area contributed by atoms with Gasteiger partial charge < -0.3 is 4.42 Å². The molecule has 5 aromatic carbocycles. The number of hydrogen-bond acceptors (Lipinski definition) is 3. The van der Waals surface area contributed by atoms with Gasteiger partial charge in [-0.05, 0) is 58.7 Å². The number of fused-ring (bicyclic) bond motifs is 6. The van der Waals surface area contributed by atoms with Crippen molar-refractivity contribution in [3.8, 4) is 11.3 Å². The van der Waals surface area contributed by atoms with E-state index in [1.54, 1.807) is 0 Å². The van der Waals surface area contributed by atoms with Gasteiger partial charge in [0.1, 0.15) is 11.2 Å². The minimum absolute atomic E-state index is 0.707. The summed E-state index contributed by atoms with van der Waals surface area (Å²) >= 11 is 0. The van der Waals surface area contributed by atoms with Crippen LogP contribution in [0, 0.1) is 0 Å². The number of furan rings is 1. The van der Waals surface area contributed by atoms with E-state index in [2.05, 4.69) is 92.4 Å². The van der Waals surface area contributed by atoms with Gasteiger partial charge in [0, 0.05) is 21.7 Å². The van der Waals surface area contributed by atoms with E-state index in [4.69, 9.17) is 14.4 Å². The molecule has 0 aliphatic rings. The first-order valence-electron chi connectivity index (χ1n) is 12.7. The predicted octanol–water partition coefficient (Wildman–Crippen LogP) is 9.55. The molecule has 7 rings (SSSR count). The van der Waals surface area contributed by atoms with Crippen LogP contribution in [0.2, 0.25) is 0 Å². The molecular weight excluding hydrogens is 464 g/mol. The molecule has 3 heteroatoms. The summed E-state index contributed by atoms with van der Waals surface area (Å²) in [5.74, 6) is 0.707. The number of benzene rings is 5. The Bertz CT molecular complexity index is 2050. The van der Waals surface area contributed by atoms with Crippen LogP contribution >= 0.6 is 0 Å². The number of para-hydroxylation sites is 1. The fourth-order valence-electron chi connectivity index (χ4n) is 5.39. The van der Waals surface area contributed by atoms with E-state index in [0.29, 0.717) is 5.82 Å². The van der Waals surface area contributed by atoms with Crippen molar-refractivity contribution in [3.05, 3.63) is 127 Å². The fourth-order valence-corrected chi connectivity index (χ4v) is 5.39. The first-order chi connectivity index (χ1) is 18.7. The summed E-state index contributed by atoms with van der Waals surface area (Å²) in [5, 5.41) is 5.57. The molecule has 0 spiro atoms. The van der Waals surface area contributed by atoms with E-state index in [0.717, 1.165) is 66.2 Å². The van der Waals surface area contributed by atoms with Crippen molar-refractivity contribution in [1.29, 1.82) is 0 Å². The molecule has 0 aliphatic carbocycles. The highest BCUT2D eigenvalue weighted by Gasteiger charge is 2.16. The van der Waals surface area contributed by atoms with Gasteiger partial charge in [-0.1, -0.05) is 97.6 Å². The summed E-state index contributed by atoms with van der Waals surface area (Å²) in [4.78, 5) is 10.2. The van der Waals surface area contributed by atoms with Crippen LogP contribution in [0.5, 0.6) is 0 Å². The summed E-state index contributed by atoms with van der Waals surface area (Å²) in [5.41, 5.74) is 7.76. The molecule has 0 atom stereocenters. The van der Waals surface area contributed by atoms with E-state index in [1.165, 1.54) is 5.39 Å². The summed E-state index contributed by atoms with van der Waals surface area (Å²) < 4.78 is 6.09. The van der Waals surface area contributed by atoms with Gasteiger partial charge in [-0.2, -0.15) is 0 Å². The van der Waals surface area contributed by atoms with Crippen LogP contribution in [0.3, 0.4) is 0 Å². The third-order valence-corrected chi connectivity index (χ3v) is 7.18. The lowest BCUT2D eigenvalue weighted by Gasteiger charge is -2.12. The zero-order valence-electron chi connectivity index (χ0n) is 21.0. The normalized spacial score (nSPS) is 12.1. The Hall–Kier alpha value is -5.02. The summed E-state index contributed by atoms with van der Waals surface area (Å²) in [6.45, 7) is 6.20. The van der Waals surface area contributed by atoms with Gasteiger partial charge in [0.2, 0.25) is 0 Å². The second-order valence-electron chi connectivity index (χ2n) is 9.51. The molecule has 0 fully saturated rings. The maximum absolute atomic E-state index is 6.09. The number of aromatic nitrogens is 2. The Morgan fingerprint density at radius 2 is 1.47 bits per heavy atom. The number of nitrogens with zero attached hydrogens (tertiary/aromatic N) is 2. The van der Waals surface area contributed by atoms with E-state index in [1.807, 2.05) is 36.4 Å². The van der Waals surface area contributed by atoms with Crippen molar-refractivity contribution in [3.63, 3.8) is 0 Å². The maximum Gasteiger partial charge on any atom is 0.156 e. The van der Waals surface area contributed by atoms with Crippen LogP contribution in [-0.2, 0) is 0 Å². The SMILES string of the molecule is C=Cc1c(/C=C(\C)c2nc(-c3ccccc3)c3c(ccc4ccccc43)n2)ccc2oc3ccccc3c12. The molecule has 0 N–H and O–H groups in total. The molecule has 38 heavy (non-hydrogen) atoms. The maximum atomic E-state index is 6.09. The van der Waals surface area contributed by atoms with Crippen LogP contribution in [0.1, 0.15) is 23.9 Å². The lowest BCUT2D eigenvalue weighted by atomic mass is 9.98. The summed E-state index contributed by atoms with van der Waals surface area (Å²) in [6, 6.07) is 35.3. The van der Waals surface area contributed by atoms with Crippen molar-refractivity contribution in [2.24, 2.45) is 0 Å². The van der Waals surface area contributed by atoms with E-state index in [9.17, 15) is 0 Å². The average molecular weight is 489 g/mol. The van der Waals surface area contributed by atoms with E-state index >= 15 is 0 Å². The average Bonchev–Trinajstić information content (AvgIpc) is 3.35. The Morgan fingerprint density at radius 1 is 0.711 bits per heavy atom. The zero-order chi connectivity index (χ0) is 25.6. The molecule has 2 aromatic heterocycles. The molecule has 0 aliphatic heterocycles. The highest BCUT2D eigenvalue weighted by atomic mass is 16.3. The fraction of sp³-hybridized carbons (Fsp3) is 0.0286. The second-order valence-corrected chi connectivity index (χ2v) is 9.51. The van der Waals surface area contributed by atoms with Gasteiger partial charge in [0.05, 0.1) is 11.2 Å². The number of rotatable bonds is 4. The van der Waals surface area contributed by atoms with Crippen molar-refractivity contribution in [1.82, 2.24) is 9.97 Å². The van der Waals surface area contributed by atoms with Crippen LogP contribution in [0.4, 0.5) is 0 Å². The molecule has 3 nitrogen and oxygen atoms in total. The van der Waals surface area contributed by atoms with Crippen LogP contribution in [0.15, 0.2) is 114 Å². The van der Waals surface area contributed by atoms with Gasteiger partial charge in [0.25, 0.3) is 0 Å². The molecular formula is C35H24N2O. The van der Waals surface area contributed by atoms with Crippen molar-refractivity contribution >= 4 is 61.3 Å². The molecule has 7 aromatic rings.